The van der Waals surface area contributed by atoms with Gasteiger partial charge in [-0.1, -0.05) is 24.3 Å². The number of nitrogens with zero attached hydrogens (tertiary/aromatic N) is 1. The van der Waals surface area contributed by atoms with Gasteiger partial charge in [-0.3, -0.25) is 0 Å². The van der Waals surface area contributed by atoms with Crippen LogP contribution in [0.4, 0.5) is 0 Å². The second-order valence-corrected chi connectivity index (χ2v) is 6.77. The van der Waals surface area contributed by atoms with E-state index in [9.17, 15) is 0 Å². The van der Waals surface area contributed by atoms with Crippen molar-refractivity contribution in [1.29, 1.82) is 0 Å². The average molecular weight is 522 g/mol. The van der Waals surface area contributed by atoms with Gasteiger partial charge in [-0.2, -0.15) is 0 Å². The summed E-state index contributed by atoms with van der Waals surface area (Å²) in [5.41, 5.74) is 3.62. The van der Waals surface area contributed by atoms with E-state index in [2.05, 4.69) is 53.0 Å². The Balaban J connectivity index is 0.00000320. The number of rotatable bonds is 9. The van der Waals surface area contributed by atoms with Crippen molar-refractivity contribution >= 4 is 40.8 Å². The molecule has 7 heteroatoms. The number of nitrogens with one attached hydrogen (secondary N) is 3. The highest BCUT2D eigenvalue weighted by Gasteiger charge is 2.05. The van der Waals surface area contributed by atoms with E-state index in [4.69, 9.17) is 14.5 Å². The van der Waals surface area contributed by atoms with Crippen LogP contribution in [0.15, 0.2) is 53.7 Å². The molecule has 0 bridgehead atoms. The number of aliphatic imine (C=N–C) groups is 1. The topological polar surface area (TPSA) is 70.7 Å². The van der Waals surface area contributed by atoms with Gasteiger partial charge in [0.05, 0.1) is 20.8 Å². The molecule has 3 N–H and O–H groups in total. The van der Waals surface area contributed by atoms with Crippen molar-refractivity contribution in [3.63, 3.8) is 0 Å². The third kappa shape index (κ3) is 6.29. The maximum atomic E-state index is 5.37. The third-order valence-corrected chi connectivity index (χ3v) is 4.80. The molecule has 0 saturated heterocycles. The molecule has 0 atom stereocenters. The normalized spacial score (nSPS) is 11.1. The molecule has 2 aromatic carbocycles. The molecule has 1 aromatic heterocycles. The Morgan fingerprint density at radius 1 is 1.03 bits per heavy atom. The van der Waals surface area contributed by atoms with Crippen LogP contribution < -0.4 is 20.1 Å². The smallest absolute Gasteiger partial charge is 0.191 e. The predicted molar refractivity (Wildman–Crippen MR) is 134 cm³/mol. The maximum Gasteiger partial charge on any atom is 0.191 e. The summed E-state index contributed by atoms with van der Waals surface area (Å²) in [6.07, 6.45) is 4.16. The molecule has 0 aliphatic heterocycles. The number of para-hydroxylation sites is 1. The number of benzene rings is 2. The molecule has 0 aliphatic carbocycles. The lowest BCUT2D eigenvalue weighted by Gasteiger charge is -2.12. The minimum absolute atomic E-state index is 0. The van der Waals surface area contributed by atoms with Gasteiger partial charge in [0.15, 0.2) is 17.5 Å². The lowest BCUT2D eigenvalue weighted by molar-refractivity contribution is 0.354. The number of aromatic nitrogens is 1. The Morgan fingerprint density at radius 3 is 2.60 bits per heavy atom. The summed E-state index contributed by atoms with van der Waals surface area (Å²) in [5.74, 6) is 2.26. The van der Waals surface area contributed by atoms with Gasteiger partial charge >= 0.3 is 0 Å². The number of hydrogen-bond donors (Lipinski definition) is 3. The van der Waals surface area contributed by atoms with Crippen LogP contribution in [0.3, 0.4) is 0 Å². The number of halogens is 1. The summed E-state index contributed by atoms with van der Waals surface area (Å²) >= 11 is 0. The first kappa shape index (κ1) is 23.9. The number of aryl methyl sites for hydroxylation is 1. The second kappa shape index (κ2) is 12.3. The molecule has 0 radical (unpaired) electrons. The lowest BCUT2D eigenvalue weighted by atomic mass is 10.1. The SMILES string of the molecule is CCNC(=NCc1ccc(OC)c(OC)c1)NCCCc1c[nH]c2ccccc12.I. The molecule has 0 saturated carbocycles. The molecule has 0 unspecified atom stereocenters. The quantitative estimate of drug-likeness (QED) is 0.168. The molecule has 6 nitrogen and oxygen atoms in total. The summed E-state index contributed by atoms with van der Waals surface area (Å²) in [7, 11) is 3.28. The first-order valence-corrected chi connectivity index (χ1v) is 10.0. The van der Waals surface area contributed by atoms with Crippen LogP contribution in [-0.2, 0) is 13.0 Å². The molecule has 0 amide bonds. The van der Waals surface area contributed by atoms with Gasteiger partial charge in [-0.15, -0.1) is 24.0 Å². The molecular weight excluding hydrogens is 491 g/mol. The molecule has 162 valence electrons. The summed E-state index contributed by atoms with van der Waals surface area (Å²) in [6, 6.07) is 14.3. The van der Waals surface area contributed by atoms with Crippen molar-refractivity contribution in [2.24, 2.45) is 4.99 Å². The average Bonchev–Trinajstić information content (AvgIpc) is 3.17. The van der Waals surface area contributed by atoms with Gasteiger partial charge in [-0.25, -0.2) is 4.99 Å². The predicted octanol–water partition coefficient (Wildman–Crippen LogP) is 4.49. The fourth-order valence-electron chi connectivity index (χ4n) is 3.32. The van der Waals surface area contributed by atoms with Gasteiger partial charge in [0.2, 0.25) is 0 Å². The van der Waals surface area contributed by atoms with Crippen molar-refractivity contribution in [3.05, 3.63) is 59.8 Å². The van der Waals surface area contributed by atoms with Crippen LogP contribution in [0.1, 0.15) is 24.5 Å². The standard InChI is InChI=1S/C23H30N4O2.HI/c1-4-24-23(27-15-17-11-12-21(28-2)22(14-17)29-3)25-13-7-8-18-16-26-20-10-6-5-9-19(18)20;/h5-6,9-12,14,16,26H,4,7-8,13,15H2,1-3H3,(H2,24,25,27);1H. The van der Waals surface area contributed by atoms with Crippen LogP contribution in [-0.4, -0.2) is 38.3 Å². The zero-order valence-electron chi connectivity index (χ0n) is 17.8. The highest BCUT2D eigenvalue weighted by Crippen LogP contribution is 2.27. The van der Waals surface area contributed by atoms with Crippen molar-refractivity contribution in [1.82, 2.24) is 15.6 Å². The van der Waals surface area contributed by atoms with Crippen LogP contribution in [0, 0.1) is 0 Å². The van der Waals surface area contributed by atoms with E-state index < -0.39 is 0 Å². The van der Waals surface area contributed by atoms with Gasteiger partial charge in [0.25, 0.3) is 0 Å². The number of H-pyrrole nitrogens is 1. The number of fused-ring (bicyclic) bond motifs is 1. The number of guanidine groups is 1. The Kier molecular flexibility index (Phi) is 9.79. The van der Waals surface area contributed by atoms with Crippen molar-refractivity contribution < 1.29 is 9.47 Å². The fraction of sp³-hybridized carbons (Fsp3) is 0.348. The minimum Gasteiger partial charge on any atom is -0.493 e. The monoisotopic (exact) mass is 522 g/mol. The van der Waals surface area contributed by atoms with Gasteiger partial charge < -0.3 is 25.1 Å². The number of aromatic amines is 1. The number of ether oxygens (including phenoxy) is 2. The summed E-state index contributed by atoms with van der Waals surface area (Å²) in [6.45, 7) is 4.31. The van der Waals surface area contributed by atoms with E-state index in [1.165, 1.54) is 16.5 Å². The second-order valence-electron chi connectivity index (χ2n) is 6.77. The van der Waals surface area contributed by atoms with Crippen LogP contribution >= 0.6 is 24.0 Å². The molecular formula is C23H31IN4O2. The number of hydrogen-bond acceptors (Lipinski definition) is 3. The summed E-state index contributed by atoms with van der Waals surface area (Å²) in [5, 5.41) is 8.04. The van der Waals surface area contributed by atoms with Gasteiger partial charge in [0, 0.05) is 30.2 Å². The summed E-state index contributed by atoms with van der Waals surface area (Å²) in [4.78, 5) is 8.03. The Labute approximate surface area is 195 Å². The summed E-state index contributed by atoms with van der Waals surface area (Å²) < 4.78 is 10.7. The fourth-order valence-corrected chi connectivity index (χ4v) is 3.32. The third-order valence-electron chi connectivity index (χ3n) is 4.80. The Morgan fingerprint density at radius 2 is 1.83 bits per heavy atom. The van der Waals surface area contributed by atoms with Crippen LogP contribution in [0.2, 0.25) is 0 Å². The number of methoxy groups -OCH3 is 2. The zero-order valence-corrected chi connectivity index (χ0v) is 20.2. The van der Waals surface area contributed by atoms with E-state index in [0.717, 1.165) is 49.0 Å². The maximum absolute atomic E-state index is 5.37. The van der Waals surface area contributed by atoms with E-state index in [-0.39, 0.29) is 24.0 Å². The van der Waals surface area contributed by atoms with Crippen molar-refractivity contribution in [3.8, 4) is 11.5 Å². The molecule has 3 aromatic rings. The van der Waals surface area contributed by atoms with E-state index in [1.54, 1.807) is 14.2 Å². The molecule has 0 fully saturated rings. The molecule has 0 aliphatic rings. The largest absolute Gasteiger partial charge is 0.493 e. The zero-order chi connectivity index (χ0) is 20.5. The van der Waals surface area contributed by atoms with E-state index in [1.807, 2.05) is 18.2 Å². The van der Waals surface area contributed by atoms with Crippen molar-refractivity contribution in [2.75, 3.05) is 27.3 Å². The van der Waals surface area contributed by atoms with Crippen molar-refractivity contribution in [2.45, 2.75) is 26.3 Å². The molecule has 3 rings (SSSR count). The van der Waals surface area contributed by atoms with Gasteiger partial charge in [-0.05, 0) is 49.1 Å². The van der Waals surface area contributed by atoms with E-state index in [0.29, 0.717) is 6.54 Å². The van der Waals surface area contributed by atoms with Crippen LogP contribution in [0.25, 0.3) is 10.9 Å². The van der Waals surface area contributed by atoms with E-state index >= 15 is 0 Å². The first-order chi connectivity index (χ1) is 14.2. The molecule has 0 spiro atoms. The highest BCUT2D eigenvalue weighted by atomic mass is 127. The molecule has 1 heterocycles. The van der Waals surface area contributed by atoms with Crippen LogP contribution in [0.5, 0.6) is 11.5 Å². The molecule has 30 heavy (non-hydrogen) atoms. The van der Waals surface area contributed by atoms with Gasteiger partial charge in [0.1, 0.15) is 0 Å². The minimum atomic E-state index is 0. The Hall–Kier alpha value is -2.42. The highest BCUT2D eigenvalue weighted by molar-refractivity contribution is 14.0. The first-order valence-electron chi connectivity index (χ1n) is 10.0. The Bertz CT molecular complexity index is 955. The lowest BCUT2D eigenvalue weighted by Crippen LogP contribution is -2.37.